The van der Waals surface area contributed by atoms with Crippen LogP contribution in [-0.2, 0) is 0 Å². The van der Waals surface area contributed by atoms with Gasteiger partial charge in [-0.05, 0) is 44.5 Å². The molecule has 0 amide bonds. The topological polar surface area (TPSA) is 71.5 Å². The lowest BCUT2D eigenvalue weighted by Gasteiger charge is -2.30. The summed E-state index contributed by atoms with van der Waals surface area (Å²) in [6.07, 6.45) is 2.19. The summed E-state index contributed by atoms with van der Waals surface area (Å²) in [5.41, 5.74) is 0.969. The first-order valence-corrected chi connectivity index (χ1v) is 9.92. The van der Waals surface area contributed by atoms with Crippen LogP contribution in [0.1, 0.15) is 33.6 Å². The highest BCUT2D eigenvalue weighted by atomic mass is 16.5. The first kappa shape index (κ1) is 20.5. The lowest BCUT2D eigenvalue weighted by Crippen LogP contribution is -2.37. The maximum Gasteiger partial charge on any atom is 0.225 e. The van der Waals surface area contributed by atoms with Gasteiger partial charge in [0.15, 0.2) is 11.5 Å². The molecule has 7 heteroatoms. The lowest BCUT2D eigenvalue weighted by atomic mass is 9.97. The lowest BCUT2D eigenvalue weighted by molar-refractivity contribution is 0.264. The van der Waals surface area contributed by atoms with Gasteiger partial charge in [-0.2, -0.15) is 4.98 Å². The maximum atomic E-state index is 5.50. The molecule has 0 atom stereocenters. The molecule has 2 N–H and O–H groups in total. The zero-order valence-electron chi connectivity index (χ0n) is 17.9. The molecule has 1 aromatic heterocycles. The van der Waals surface area contributed by atoms with Crippen molar-refractivity contribution in [2.75, 3.05) is 51.5 Å². The summed E-state index contributed by atoms with van der Waals surface area (Å²) in [5.74, 6) is 2.82. The van der Waals surface area contributed by atoms with Gasteiger partial charge < -0.3 is 25.0 Å². The fraction of sp³-hybridized carbons (Fsp3) is 0.619. The van der Waals surface area contributed by atoms with Gasteiger partial charge in [-0.3, -0.25) is 0 Å². The van der Waals surface area contributed by atoms with Crippen LogP contribution in [0.4, 0.5) is 11.8 Å². The molecule has 2 aromatic rings. The van der Waals surface area contributed by atoms with E-state index < -0.39 is 0 Å². The SMILES string of the molecule is COc1cc2nc(NCC(C)(C)C)nc(NC3CCN(C)CC3)c2cc1OC. The fourth-order valence-electron chi connectivity index (χ4n) is 3.34. The second kappa shape index (κ2) is 8.39. The van der Waals surface area contributed by atoms with Crippen molar-refractivity contribution in [3.8, 4) is 11.5 Å². The molecule has 1 aliphatic heterocycles. The number of nitrogens with one attached hydrogen (secondary N) is 2. The molecule has 1 saturated heterocycles. The number of piperidine rings is 1. The van der Waals surface area contributed by atoms with Gasteiger partial charge in [-0.25, -0.2) is 4.98 Å². The molecule has 0 radical (unpaired) electrons. The Kier molecular flexibility index (Phi) is 6.13. The van der Waals surface area contributed by atoms with Gasteiger partial charge in [0.05, 0.1) is 19.7 Å². The van der Waals surface area contributed by atoms with Crippen molar-refractivity contribution < 1.29 is 9.47 Å². The molecule has 1 aromatic carbocycles. The van der Waals surface area contributed by atoms with Crippen molar-refractivity contribution in [2.24, 2.45) is 5.41 Å². The number of likely N-dealkylation sites (tertiary alicyclic amines) is 1. The first-order chi connectivity index (χ1) is 13.3. The second-order valence-electron chi connectivity index (χ2n) is 8.76. The minimum Gasteiger partial charge on any atom is -0.493 e. The van der Waals surface area contributed by atoms with Crippen molar-refractivity contribution in [2.45, 2.75) is 39.7 Å². The van der Waals surface area contributed by atoms with E-state index in [-0.39, 0.29) is 5.41 Å². The third-order valence-electron chi connectivity index (χ3n) is 5.04. The number of hydrogen-bond acceptors (Lipinski definition) is 7. The van der Waals surface area contributed by atoms with E-state index in [0.717, 1.165) is 49.2 Å². The summed E-state index contributed by atoms with van der Waals surface area (Å²) in [7, 11) is 5.46. The van der Waals surface area contributed by atoms with E-state index in [2.05, 4.69) is 43.4 Å². The fourth-order valence-corrected chi connectivity index (χ4v) is 3.34. The summed E-state index contributed by atoms with van der Waals surface area (Å²) in [4.78, 5) is 11.9. The van der Waals surface area contributed by atoms with E-state index in [0.29, 0.717) is 23.5 Å². The highest BCUT2D eigenvalue weighted by Crippen LogP contribution is 2.35. The highest BCUT2D eigenvalue weighted by Gasteiger charge is 2.20. The Labute approximate surface area is 167 Å². The van der Waals surface area contributed by atoms with E-state index in [1.807, 2.05) is 12.1 Å². The molecule has 3 rings (SSSR count). The van der Waals surface area contributed by atoms with Crippen LogP contribution in [0.5, 0.6) is 11.5 Å². The second-order valence-corrected chi connectivity index (χ2v) is 8.76. The molecule has 0 spiro atoms. The molecule has 0 unspecified atom stereocenters. The Morgan fingerprint density at radius 3 is 2.32 bits per heavy atom. The van der Waals surface area contributed by atoms with Gasteiger partial charge >= 0.3 is 0 Å². The van der Waals surface area contributed by atoms with Crippen LogP contribution in [0, 0.1) is 5.41 Å². The smallest absolute Gasteiger partial charge is 0.225 e. The number of benzene rings is 1. The van der Waals surface area contributed by atoms with E-state index in [4.69, 9.17) is 19.4 Å². The summed E-state index contributed by atoms with van der Waals surface area (Å²) in [5, 5.41) is 7.98. The van der Waals surface area contributed by atoms with E-state index >= 15 is 0 Å². The number of rotatable bonds is 6. The average Bonchev–Trinajstić information content (AvgIpc) is 2.66. The molecular weight excluding hydrogens is 354 g/mol. The molecule has 154 valence electrons. The number of methoxy groups -OCH3 is 2. The number of nitrogens with zero attached hydrogens (tertiary/aromatic N) is 3. The standard InChI is InChI=1S/C21H33N5O2/c1-21(2,3)13-22-20-24-16-12-18(28-6)17(27-5)11-15(16)19(25-20)23-14-7-9-26(4)10-8-14/h11-12,14H,7-10,13H2,1-6H3,(H2,22,23,24,25). The first-order valence-electron chi connectivity index (χ1n) is 9.92. The Balaban J connectivity index is 1.98. The zero-order valence-corrected chi connectivity index (χ0v) is 17.9. The van der Waals surface area contributed by atoms with Crippen molar-refractivity contribution in [1.82, 2.24) is 14.9 Å². The van der Waals surface area contributed by atoms with Crippen molar-refractivity contribution in [1.29, 1.82) is 0 Å². The molecule has 0 saturated carbocycles. The van der Waals surface area contributed by atoms with E-state index in [9.17, 15) is 0 Å². The van der Waals surface area contributed by atoms with Gasteiger partial charge in [-0.15, -0.1) is 0 Å². The Morgan fingerprint density at radius 1 is 1.07 bits per heavy atom. The Bertz CT molecular complexity index is 811. The van der Waals surface area contributed by atoms with Gasteiger partial charge in [0.1, 0.15) is 5.82 Å². The molecular formula is C21H33N5O2. The summed E-state index contributed by atoms with van der Waals surface area (Å²) in [6, 6.07) is 4.27. The minimum absolute atomic E-state index is 0.136. The largest absolute Gasteiger partial charge is 0.493 e. The molecule has 0 aliphatic carbocycles. The molecule has 1 aliphatic rings. The van der Waals surface area contributed by atoms with Gasteiger partial charge in [0.25, 0.3) is 0 Å². The molecule has 28 heavy (non-hydrogen) atoms. The molecule has 2 heterocycles. The van der Waals surface area contributed by atoms with Crippen molar-refractivity contribution in [3.63, 3.8) is 0 Å². The van der Waals surface area contributed by atoms with Gasteiger partial charge in [-0.1, -0.05) is 20.8 Å². The number of anilines is 2. The van der Waals surface area contributed by atoms with Crippen LogP contribution in [-0.4, -0.2) is 61.8 Å². The van der Waals surface area contributed by atoms with E-state index in [1.165, 1.54) is 0 Å². The Hall–Kier alpha value is -2.28. The van der Waals surface area contributed by atoms with Crippen molar-refractivity contribution >= 4 is 22.7 Å². The summed E-state index contributed by atoms with van der Waals surface area (Å²) >= 11 is 0. The van der Waals surface area contributed by atoms with Crippen LogP contribution in [0.3, 0.4) is 0 Å². The van der Waals surface area contributed by atoms with Crippen LogP contribution >= 0.6 is 0 Å². The number of fused-ring (bicyclic) bond motifs is 1. The summed E-state index contributed by atoms with van der Waals surface area (Å²) in [6.45, 7) is 9.53. The quantitative estimate of drug-likeness (QED) is 0.784. The third kappa shape index (κ3) is 4.95. The van der Waals surface area contributed by atoms with Crippen molar-refractivity contribution in [3.05, 3.63) is 12.1 Å². The maximum absolute atomic E-state index is 5.50. The zero-order chi connectivity index (χ0) is 20.3. The van der Waals surface area contributed by atoms with Crippen LogP contribution in [0.25, 0.3) is 10.9 Å². The van der Waals surface area contributed by atoms with Crippen LogP contribution < -0.4 is 20.1 Å². The minimum atomic E-state index is 0.136. The Morgan fingerprint density at radius 2 is 1.71 bits per heavy atom. The molecule has 0 bridgehead atoms. The highest BCUT2D eigenvalue weighted by molar-refractivity contribution is 5.92. The normalized spacial score (nSPS) is 16.2. The number of ether oxygens (including phenoxy) is 2. The average molecular weight is 388 g/mol. The molecule has 1 fully saturated rings. The van der Waals surface area contributed by atoms with E-state index in [1.54, 1.807) is 14.2 Å². The third-order valence-corrected chi connectivity index (χ3v) is 5.04. The monoisotopic (exact) mass is 387 g/mol. The number of hydrogen-bond donors (Lipinski definition) is 2. The molecule has 7 nitrogen and oxygen atoms in total. The predicted octanol–water partition coefficient (Wildman–Crippen LogP) is 3.61. The van der Waals surface area contributed by atoms with Crippen LogP contribution in [0.2, 0.25) is 0 Å². The number of aromatic nitrogens is 2. The predicted molar refractivity (Wildman–Crippen MR) is 115 cm³/mol. The van der Waals surface area contributed by atoms with Gasteiger partial charge in [0.2, 0.25) is 5.95 Å². The van der Waals surface area contributed by atoms with Gasteiger partial charge in [0, 0.05) is 24.0 Å². The summed E-state index contributed by atoms with van der Waals surface area (Å²) < 4.78 is 11.0. The van der Waals surface area contributed by atoms with Crippen LogP contribution in [0.15, 0.2) is 12.1 Å².